The summed E-state index contributed by atoms with van der Waals surface area (Å²) in [4.78, 5) is 13.0. The van der Waals surface area contributed by atoms with Gasteiger partial charge in [0.15, 0.2) is 0 Å². The summed E-state index contributed by atoms with van der Waals surface area (Å²) in [6.07, 6.45) is 2.15. The van der Waals surface area contributed by atoms with Crippen LogP contribution in [0.4, 0.5) is 0 Å². The van der Waals surface area contributed by atoms with E-state index in [1.807, 2.05) is 60.7 Å². The van der Waals surface area contributed by atoms with Crippen molar-refractivity contribution in [3.8, 4) is 0 Å². The first-order chi connectivity index (χ1) is 11.3. The number of hydrogen-bond donors (Lipinski definition) is 2. The van der Waals surface area contributed by atoms with E-state index in [0.717, 1.165) is 30.5 Å². The summed E-state index contributed by atoms with van der Waals surface area (Å²) >= 11 is 0. The Morgan fingerprint density at radius 3 is 2.08 bits per heavy atom. The third-order valence-corrected chi connectivity index (χ3v) is 4.62. The van der Waals surface area contributed by atoms with Gasteiger partial charge in [0.1, 0.15) is 0 Å². The number of carbonyl (C=O) groups excluding carboxylic acids is 1. The highest BCUT2D eigenvalue weighted by Gasteiger charge is 2.28. The molecule has 1 fully saturated rings. The fourth-order valence-electron chi connectivity index (χ4n) is 3.29. The van der Waals surface area contributed by atoms with Crippen LogP contribution in [0.15, 0.2) is 60.7 Å². The van der Waals surface area contributed by atoms with Crippen LogP contribution in [0.25, 0.3) is 0 Å². The number of benzene rings is 2. The normalized spacial score (nSPS) is 20.2. The van der Waals surface area contributed by atoms with Crippen molar-refractivity contribution in [2.24, 2.45) is 0 Å². The summed E-state index contributed by atoms with van der Waals surface area (Å²) in [5, 5.41) is 6.71. The van der Waals surface area contributed by atoms with Gasteiger partial charge < -0.3 is 10.6 Å². The van der Waals surface area contributed by atoms with E-state index >= 15 is 0 Å². The molecule has 0 radical (unpaired) electrons. The Morgan fingerprint density at radius 1 is 1.04 bits per heavy atom. The second-order valence-electron chi connectivity index (χ2n) is 6.25. The van der Waals surface area contributed by atoms with Gasteiger partial charge in [-0.1, -0.05) is 60.7 Å². The number of piperidine rings is 1. The molecule has 2 N–H and O–H groups in total. The first-order valence-electron chi connectivity index (χ1n) is 8.39. The molecular formula is C20H25ClN2O. The Labute approximate surface area is 150 Å². The van der Waals surface area contributed by atoms with Crippen LogP contribution >= 0.6 is 12.4 Å². The molecule has 3 nitrogen and oxygen atoms in total. The number of carbonyl (C=O) groups is 1. The van der Waals surface area contributed by atoms with E-state index < -0.39 is 0 Å². The molecule has 2 unspecified atom stereocenters. The lowest BCUT2D eigenvalue weighted by atomic mass is 9.89. The summed E-state index contributed by atoms with van der Waals surface area (Å²) in [6.45, 7) is 3.18. The molecule has 1 amide bonds. The molecule has 1 aliphatic rings. The van der Waals surface area contributed by atoms with Crippen LogP contribution in [-0.4, -0.2) is 24.5 Å². The van der Waals surface area contributed by atoms with Gasteiger partial charge in [-0.05, 0) is 37.4 Å². The minimum Gasteiger partial charge on any atom is -0.351 e. The molecule has 0 saturated carbocycles. The average molecular weight is 345 g/mol. The number of rotatable bonds is 4. The van der Waals surface area contributed by atoms with E-state index in [2.05, 4.69) is 17.6 Å². The maximum atomic E-state index is 13.0. The van der Waals surface area contributed by atoms with Crippen LogP contribution in [0.3, 0.4) is 0 Å². The van der Waals surface area contributed by atoms with Crippen LogP contribution in [0.5, 0.6) is 0 Å². The zero-order valence-corrected chi connectivity index (χ0v) is 14.8. The standard InChI is InChI=1S/C20H24N2O.ClH/c1-15-18(13-8-14-21-15)22-20(23)19(16-9-4-2-5-10-16)17-11-6-3-7-12-17;/h2-7,9-12,15,18-19,21H,8,13-14H2,1H3,(H,22,23);1H. The van der Waals surface area contributed by atoms with Crippen LogP contribution in [0, 0.1) is 0 Å². The molecule has 24 heavy (non-hydrogen) atoms. The molecule has 0 spiro atoms. The fourth-order valence-corrected chi connectivity index (χ4v) is 3.29. The van der Waals surface area contributed by atoms with Gasteiger partial charge in [0.05, 0.1) is 5.92 Å². The van der Waals surface area contributed by atoms with Crippen molar-refractivity contribution in [3.63, 3.8) is 0 Å². The van der Waals surface area contributed by atoms with Crippen molar-refractivity contribution >= 4 is 18.3 Å². The van der Waals surface area contributed by atoms with Gasteiger partial charge in [-0.15, -0.1) is 12.4 Å². The predicted octanol–water partition coefficient (Wildman–Crippen LogP) is 3.50. The molecule has 1 heterocycles. The van der Waals surface area contributed by atoms with Gasteiger partial charge in [-0.2, -0.15) is 0 Å². The molecule has 2 aromatic carbocycles. The maximum Gasteiger partial charge on any atom is 0.232 e. The highest BCUT2D eigenvalue weighted by atomic mass is 35.5. The molecule has 0 bridgehead atoms. The third kappa shape index (κ3) is 4.37. The molecule has 2 atom stereocenters. The molecule has 1 saturated heterocycles. The van der Waals surface area contributed by atoms with Crippen molar-refractivity contribution in [1.82, 2.24) is 10.6 Å². The van der Waals surface area contributed by atoms with Gasteiger partial charge in [0, 0.05) is 12.1 Å². The van der Waals surface area contributed by atoms with Gasteiger partial charge in [0.25, 0.3) is 0 Å². The van der Waals surface area contributed by atoms with E-state index in [4.69, 9.17) is 0 Å². The number of nitrogens with one attached hydrogen (secondary N) is 2. The first-order valence-corrected chi connectivity index (χ1v) is 8.39. The molecule has 3 rings (SSSR count). The highest BCUT2D eigenvalue weighted by molar-refractivity contribution is 5.87. The van der Waals surface area contributed by atoms with Crippen molar-refractivity contribution in [2.75, 3.05) is 6.54 Å². The second-order valence-corrected chi connectivity index (χ2v) is 6.25. The van der Waals surface area contributed by atoms with Crippen LogP contribution in [0.1, 0.15) is 36.8 Å². The topological polar surface area (TPSA) is 41.1 Å². The molecule has 0 aliphatic carbocycles. The number of hydrogen-bond acceptors (Lipinski definition) is 2. The van der Waals surface area contributed by atoms with Crippen molar-refractivity contribution < 1.29 is 4.79 Å². The van der Waals surface area contributed by atoms with Crippen molar-refractivity contribution in [2.45, 2.75) is 37.8 Å². The minimum atomic E-state index is -0.258. The third-order valence-electron chi connectivity index (χ3n) is 4.62. The summed E-state index contributed by atoms with van der Waals surface area (Å²) in [5.41, 5.74) is 2.07. The smallest absolute Gasteiger partial charge is 0.232 e. The molecular weight excluding hydrogens is 320 g/mol. The summed E-state index contributed by atoms with van der Waals surface area (Å²) in [7, 11) is 0. The molecule has 0 aromatic heterocycles. The predicted molar refractivity (Wildman–Crippen MR) is 101 cm³/mol. The first kappa shape index (κ1) is 18.5. The van der Waals surface area contributed by atoms with Gasteiger partial charge in [-0.3, -0.25) is 4.79 Å². The van der Waals surface area contributed by atoms with Gasteiger partial charge in [-0.25, -0.2) is 0 Å². The molecule has 1 aliphatic heterocycles. The Bertz CT molecular complexity index is 593. The van der Waals surface area contributed by atoms with Crippen LogP contribution in [0.2, 0.25) is 0 Å². The Morgan fingerprint density at radius 2 is 1.58 bits per heavy atom. The fraction of sp³-hybridized carbons (Fsp3) is 0.350. The monoisotopic (exact) mass is 344 g/mol. The SMILES string of the molecule is CC1NCCCC1NC(=O)C(c1ccccc1)c1ccccc1.Cl. The minimum absolute atomic E-state index is 0. The summed E-state index contributed by atoms with van der Waals surface area (Å²) in [5.74, 6) is -0.172. The van der Waals surface area contributed by atoms with E-state index in [0.29, 0.717) is 6.04 Å². The molecule has 128 valence electrons. The second kappa shape index (κ2) is 8.86. The quantitative estimate of drug-likeness (QED) is 0.891. The van der Waals surface area contributed by atoms with Gasteiger partial charge >= 0.3 is 0 Å². The summed E-state index contributed by atoms with van der Waals surface area (Å²) in [6, 6.07) is 20.6. The van der Waals surface area contributed by atoms with Gasteiger partial charge in [0.2, 0.25) is 5.91 Å². The van der Waals surface area contributed by atoms with Crippen molar-refractivity contribution in [3.05, 3.63) is 71.8 Å². The Hall–Kier alpha value is -1.84. The average Bonchev–Trinajstić information content (AvgIpc) is 2.59. The van der Waals surface area contributed by atoms with E-state index in [1.54, 1.807) is 0 Å². The van der Waals surface area contributed by atoms with E-state index in [1.165, 1.54) is 0 Å². The molecule has 4 heteroatoms. The number of halogens is 1. The lowest BCUT2D eigenvalue weighted by Crippen LogP contribution is -2.52. The summed E-state index contributed by atoms with van der Waals surface area (Å²) < 4.78 is 0. The van der Waals surface area contributed by atoms with Crippen LogP contribution in [-0.2, 0) is 4.79 Å². The highest BCUT2D eigenvalue weighted by Crippen LogP contribution is 2.25. The van der Waals surface area contributed by atoms with Crippen LogP contribution < -0.4 is 10.6 Å². The lowest BCUT2D eigenvalue weighted by molar-refractivity contribution is -0.122. The Kier molecular flexibility index (Phi) is 6.83. The van der Waals surface area contributed by atoms with E-state index in [9.17, 15) is 4.79 Å². The zero-order chi connectivity index (χ0) is 16.1. The largest absolute Gasteiger partial charge is 0.351 e. The zero-order valence-electron chi connectivity index (χ0n) is 13.9. The number of amides is 1. The molecule has 2 aromatic rings. The lowest BCUT2D eigenvalue weighted by Gasteiger charge is -2.32. The van der Waals surface area contributed by atoms with E-state index in [-0.39, 0.29) is 30.3 Å². The van der Waals surface area contributed by atoms with Crippen molar-refractivity contribution in [1.29, 1.82) is 0 Å². The Balaban J connectivity index is 0.00000208. The maximum absolute atomic E-state index is 13.0.